The van der Waals surface area contributed by atoms with Gasteiger partial charge in [-0.25, -0.2) is 4.98 Å². The Morgan fingerprint density at radius 2 is 1.97 bits per heavy atom. The molecule has 7 nitrogen and oxygen atoms in total. The number of anilines is 1. The molecule has 3 heterocycles. The molecule has 4 aromatic rings. The summed E-state index contributed by atoms with van der Waals surface area (Å²) in [6, 6.07) is 14.4. The number of halogens is 1. The van der Waals surface area contributed by atoms with E-state index < -0.39 is 12.2 Å². The third kappa shape index (κ3) is 3.32. The SMILES string of the molecule is OC1C(n2cnc3c(NCc4cccc5ccccc45)nc(Cl)nc32)SC[C@@H]1O. The maximum atomic E-state index is 10.3. The molecule has 2 aromatic carbocycles. The van der Waals surface area contributed by atoms with Crippen LogP contribution in [0.4, 0.5) is 5.82 Å². The van der Waals surface area contributed by atoms with Gasteiger partial charge in [0, 0.05) is 12.3 Å². The molecule has 0 spiro atoms. The van der Waals surface area contributed by atoms with Gasteiger partial charge in [-0.15, -0.1) is 11.8 Å². The highest BCUT2D eigenvalue weighted by Gasteiger charge is 2.36. The quantitative estimate of drug-likeness (QED) is 0.430. The van der Waals surface area contributed by atoms with E-state index >= 15 is 0 Å². The number of nitrogens with zero attached hydrogens (tertiary/aromatic N) is 4. The monoisotopic (exact) mass is 427 g/mol. The normalized spacial score (nSPS) is 21.8. The number of nitrogens with one attached hydrogen (secondary N) is 1. The minimum absolute atomic E-state index is 0.0951. The van der Waals surface area contributed by atoms with Gasteiger partial charge in [0.2, 0.25) is 5.28 Å². The standard InChI is InChI=1S/C20H18ClN5O2S/c21-20-24-17(22-8-12-6-3-5-11-4-1-2-7-13(11)12)15-18(25-20)26(10-23-15)19-16(28)14(27)9-29-19/h1-7,10,14,16,19,27-28H,8-9H2,(H,22,24,25)/t14-,16?,19?/m0/s1. The molecule has 1 saturated heterocycles. The molecule has 9 heteroatoms. The Labute approximate surface area is 175 Å². The Morgan fingerprint density at radius 1 is 1.14 bits per heavy atom. The van der Waals surface area contributed by atoms with Gasteiger partial charge in [-0.05, 0) is 27.9 Å². The Balaban J connectivity index is 1.49. The fourth-order valence-corrected chi connectivity index (χ4v) is 5.10. The molecule has 2 aromatic heterocycles. The van der Waals surface area contributed by atoms with Crippen molar-refractivity contribution in [1.82, 2.24) is 19.5 Å². The molecule has 3 atom stereocenters. The van der Waals surface area contributed by atoms with Crippen molar-refractivity contribution in [2.45, 2.75) is 24.1 Å². The smallest absolute Gasteiger partial charge is 0.226 e. The lowest BCUT2D eigenvalue weighted by molar-refractivity contribution is 0.0313. The van der Waals surface area contributed by atoms with E-state index in [9.17, 15) is 10.2 Å². The first-order chi connectivity index (χ1) is 14.1. The molecule has 0 radical (unpaired) electrons. The van der Waals surface area contributed by atoms with Gasteiger partial charge < -0.3 is 15.5 Å². The van der Waals surface area contributed by atoms with Crippen molar-refractivity contribution in [3.05, 3.63) is 59.6 Å². The molecule has 148 valence electrons. The molecule has 1 aliphatic heterocycles. The predicted octanol–water partition coefficient (Wildman–Crippen LogP) is 3.21. The first-order valence-electron chi connectivity index (χ1n) is 9.20. The summed E-state index contributed by atoms with van der Waals surface area (Å²) in [6.45, 7) is 0.552. The maximum absolute atomic E-state index is 10.3. The Bertz CT molecular complexity index is 1190. The molecule has 29 heavy (non-hydrogen) atoms. The first kappa shape index (κ1) is 18.6. The number of hydrogen-bond acceptors (Lipinski definition) is 7. The lowest BCUT2D eigenvalue weighted by Gasteiger charge is -2.17. The highest BCUT2D eigenvalue weighted by atomic mass is 35.5. The van der Waals surface area contributed by atoms with E-state index in [4.69, 9.17) is 11.6 Å². The van der Waals surface area contributed by atoms with Crippen molar-refractivity contribution in [2.75, 3.05) is 11.1 Å². The Kier molecular flexibility index (Phi) is 4.79. The van der Waals surface area contributed by atoms with E-state index in [2.05, 4.69) is 44.5 Å². The van der Waals surface area contributed by atoms with Crippen molar-refractivity contribution < 1.29 is 10.2 Å². The molecular weight excluding hydrogens is 410 g/mol. The second kappa shape index (κ2) is 7.46. The zero-order valence-corrected chi connectivity index (χ0v) is 16.8. The molecular formula is C20H18ClN5O2S. The summed E-state index contributed by atoms with van der Waals surface area (Å²) in [4.78, 5) is 13.1. The molecule has 0 amide bonds. The van der Waals surface area contributed by atoms with Gasteiger partial charge in [0.05, 0.1) is 12.4 Å². The number of benzene rings is 2. The van der Waals surface area contributed by atoms with Crippen LogP contribution in [0, 0.1) is 0 Å². The average molecular weight is 428 g/mol. The van der Waals surface area contributed by atoms with Gasteiger partial charge in [-0.2, -0.15) is 9.97 Å². The summed E-state index contributed by atoms with van der Waals surface area (Å²) in [5.74, 6) is 0.987. The molecule has 0 saturated carbocycles. The topological polar surface area (TPSA) is 96.1 Å². The number of aliphatic hydroxyl groups excluding tert-OH is 2. The molecule has 2 unspecified atom stereocenters. The van der Waals surface area contributed by atoms with Crippen LogP contribution < -0.4 is 5.32 Å². The van der Waals surface area contributed by atoms with Gasteiger partial charge in [-0.1, -0.05) is 42.5 Å². The van der Waals surface area contributed by atoms with E-state index in [0.29, 0.717) is 29.3 Å². The number of aliphatic hydroxyl groups is 2. The minimum Gasteiger partial charge on any atom is -0.389 e. The Hall–Kier alpha value is -2.39. The van der Waals surface area contributed by atoms with Gasteiger partial charge in [0.25, 0.3) is 0 Å². The summed E-state index contributed by atoms with van der Waals surface area (Å²) in [6.07, 6.45) is -0.0560. The van der Waals surface area contributed by atoms with E-state index in [1.165, 1.54) is 22.5 Å². The first-order valence-corrected chi connectivity index (χ1v) is 10.6. The van der Waals surface area contributed by atoms with Crippen LogP contribution in [0.2, 0.25) is 5.28 Å². The molecule has 1 fully saturated rings. The van der Waals surface area contributed by atoms with Gasteiger partial charge in [-0.3, -0.25) is 4.57 Å². The molecule has 5 rings (SSSR count). The lowest BCUT2D eigenvalue weighted by Crippen LogP contribution is -2.27. The number of fused-ring (bicyclic) bond motifs is 2. The Morgan fingerprint density at radius 3 is 2.79 bits per heavy atom. The maximum Gasteiger partial charge on any atom is 0.226 e. The third-order valence-corrected chi connectivity index (χ3v) is 6.67. The number of hydrogen-bond donors (Lipinski definition) is 3. The van der Waals surface area contributed by atoms with Crippen molar-refractivity contribution in [1.29, 1.82) is 0 Å². The highest BCUT2D eigenvalue weighted by molar-refractivity contribution is 7.99. The summed E-state index contributed by atoms with van der Waals surface area (Å²) >= 11 is 7.63. The van der Waals surface area contributed by atoms with Crippen LogP contribution in [-0.4, -0.2) is 47.7 Å². The second-order valence-corrected chi connectivity index (χ2v) is 8.43. The van der Waals surface area contributed by atoms with Crippen molar-refractivity contribution in [2.24, 2.45) is 0 Å². The molecule has 3 N–H and O–H groups in total. The number of aromatic nitrogens is 4. The molecule has 0 aliphatic carbocycles. The van der Waals surface area contributed by atoms with Crippen LogP contribution in [0.25, 0.3) is 21.9 Å². The van der Waals surface area contributed by atoms with Crippen molar-refractivity contribution in [3.8, 4) is 0 Å². The highest BCUT2D eigenvalue weighted by Crippen LogP contribution is 2.38. The second-order valence-electron chi connectivity index (χ2n) is 6.94. The fraction of sp³-hybridized carbons (Fsp3) is 0.250. The van der Waals surface area contributed by atoms with Gasteiger partial charge in [0.15, 0.2) is 17.0 Å². The van der Waals surface area contributed by atoms with Gasteiger partial charge in [0.1, 0.15) is 11.5 Å². The zero-order chi connectivity index (χ0) is 20.0. The van der Waals surface area contributed by atoms with Crippen LogP contribution in [0.5, 0.6) is 0 Å². The van der Waals surface area contributed by atoms with E-state index in [0.717, 1.165) is 5.56 Å². The summed E-state index contributed by atoms with van der Waals surface area (Å²) in [5, 5.41) is 25.5. The largest absolute Gasteiger partial charge is 0.389 e. The number of imidazole rings is 1. The van der Waals surface area contributed by atoms with Gasteiger partial charge >= 0.3 is 0 Å². The zero-order valence-electron chi connectivity index (χ0n) is 15.2. The van der Waals surface area contributed by atoms with E-state index in [1.54, 1.807) is 10.9 Å². The van der Waals surface area contributed by atoms with Crippen molar-refractivity contribution in [3.63, 3.8) is 0 Å². The van der Waals surface area contributed by atoms with Crippen LogP contribution in [0.1, 0.15) is 10.9 Å². The lowest BCUT2D eigenvalue weighted by atomic mass is 10.0. The molecule has 1 aliphatic rings. The summed E-state index contributed by atoms with van der Waals surface area (Å²) < 4.78 is 1.75. The molecule has 0 bridgehead atoms. The van der Waals surface area contributed by atoms with Crippen molar-refractivity contribution >= 4 is 51.1 Å². The number of thioether (sulfide) groups is 1. The average Bonchev–Trinajstić information content (AvgIpc) is 3.29. The summed E-state index contributed by atoms with van der Waals surface area (Å²) in [7, 11) is 0. The summed E-state index contributed by atoms with van der Waals surface area (Å²) in [5.41, 5.74) is 2.23. The van der Waals surface area contributed by atoms with E-state index in [1.807, 2.05) is 18.2 Å². The third-order valence-electron chi connectivity index (χ3n) is 5.12. The van der Waals surface area contributed by atoms with Crippen LogP contribution in [0.3, 0.4) is 0 Å². The van der Waals surface area contributed by atoms with Crippen LogP contribution >= 0.6 is 23.4 Å². The predicted molar refractivity (Wildman–Crippen MR) is 115 cm³/mol. The number of rotatable bonds is 4. The minimum atomic E-state index is -0.891. The van der Waals surface area contributed by atoms with E-state index in [-0.39, 0.29) is 10.7 Å². The van der Waals surface area contributed by atoms with Crippen LogP contribution in [0.15, 0.2) is 48.8 Å². The fourth-order valence-electron chi connectivity index (χ4n) is 3.65. The van der Waals surface area contributed by atoms with Crippen LogP contribution in [-0.2, 0) is 6.54 Å².